The summed E-state index contributed by atoms with van der Waals surface area (Å²) in [4.78, 5) is 32.0. The number of aromatic nitrogens is 2. The Morgan fingerprint density at radius 1 is 0.971 bits per heavy atom. The smallest absolute Gasteiger partial charge is 0.337 e. The van der Waals surface area contributed by atoms with Gasteiger partial charge in [0.05, 0.1) is 12.2 Å². The van der Waals surface area contributed by atoms with Crippen molar-refractivity contribution in [1.82, 2.24) is 19.4 Å². The maximum absolute atomic E-state index is 13.9. The van der Waals surface area contributed by atoms with E-state index in [4.69, 9.17) is 5.73 Å². The van der Waals surface area contributed by atoms with Gasteiger partial charge in [0, 0.05) is 44.7 Å². The molecular weight excluding hydrogens is 480 g/mol. The van der Waals surface area contributed by atoms with Crippen LogP contribution in [0.3, 0.4) is 0 Å². The van der Waals surface area contributed by atoms with E-state index in [0.29, 0.717) is 25.2 Å². The number of amides is 2. The number of imidazole rings is 1. The van der Waals surface area contributed by atoms with Gasteiger partial charge in [-0.1, -0.05) is 0 Å². The summed E-state index contributed by atoms with van der Waals surface area (Å²) in [5.41, 5.74) is 5.40. The molecule has 0 aliphatic carbocycles. The van der Waals surface area contributed by atoms with E-state index in [0.717, 1.165) is 17.4 Å². The zero-order valence-electron chi connectivity index (χ0n) is 18.5. The first-order valence-corrected chi connectivity index (χ1v) is 11.1. The number of hydrogen-bond donors (Lipinski definition) is 1. The highest BCUT2D eigenvalue weighted by Gasteiger charge is 2.42. The van der Waals surface area contributed by atoms with Crippen LogP contribution in [0.4, 0.5) is 26.3 Å². The zero-order chi connectivity index (χ0) is 25.5. The van der Waals surface area contributed by atoms with Crippen LogP contribution in [0, 0.1) is 17.5 Å². The second-order valence-corrected chi connectivity index (χ2v) is 8.72. The highest BCUT2D eigenvalue weighted by Crippen LogP contribution is 2.33. The van der Waals surface area contributed by atoms with Gasteiger partial charge in [-0.15, -0.1) is 0 Å². The molecule has 2 aromatic rings. The van der Waals surface area contributed by atoms with Crippen LogP contribution in [0.1, 0.15) is 46.8 Å². The number of rotatable bonds is 5. The molecule has 7 nitrogen and oxygen atoms in total. The lowest BCUT2D eigenvalue weighted by Crippen LogP contribution is -2.42. The van der Waals surface area contributed by atoms with Crippen LogP contribution in [0.5, 0.6) is 0 Å². The minimum Gasteiger partial charge on any atom is -0.337 e. The van der Waals surface area contributed by atoms with E-state index in [2.05, 4.69) is 4.98 Å². The molecule has 1 aromatic carbocycles. The Balaban J connectivity index is 1.51. The van der Waals surface area contributed by atoms with Crippen molar-refractivity contribution in [2.24, 2.45) is 5.73 Å². The van der Waals surface area contributed by atoms with Crippen LogP contribution < -0.4 is 5.73 Å². The minimum absolute atomic E-state index is 0.00551. The van der Waals surface area contributed by atoms with Crippen LogP contribution in [0.25, 0.3) is 0 Å². The van der Waals surface area contributed by atoms with E-state index in [1.807, 2.05) is 0 Å². The quantitative estimate of drug-likeness (QED) is 0.503. The van der Waals surface area contributed by atoms with E-state index in [1.165, 1.54) is 9.80 Å². The third kappa shape index (κ3) is 5.14. The van der Waals surface area contributed by atoms with Gasteiger partial charge < -0.3 is 20.1 Å². The first kappa shape index (κ1) is 25.0. The Morgan fingerprint density at radius 2 is 1.63 bits per heavy atom. The van der Waals surface area contributed by atoms with Crippen LogP contribution in [0.2, 0.25) is 0 Å². The van der Waals surface area contributed by atoms with Crippen molar-refractivity contribution in [3.8, 4) is 0 Å². The molecule has 13 heteroatoms. The topological polar surface area (TPSA) is 84.5 Å². The average Bonchev–Trinajstić information content (AvgIpc) is 3.44. The van der Waals surface area contributed by atoms with Gasteiger partial charge in [-0.3, -0.25) is 9.59 Å². The number of nitrogens with two attached hydrogens (primary N) is 1. The Bertz CT molecular complexity index is 1140. The summed E-state index contributed by atoms with van der Waals surface area (Å²) < 4.78 is 82.1. The van der Waals surface area contributed by atoms with Gasteiger partial charge in [0.1, 0.15) is 5.82 Å². The molecule has 0 saturated carbocycles. The number of carbonyl (C=O) groups is 2. The molecule has 3 heterocycles. The standard InChI is InChI=1S/C22H23F6N5O2/c23-14-10-16(25)15(24)8-12(14)7-13(29)9-18(34)32-5-6-33-17(11-32)19(30-21(33)22(26,27)28)20(35)31-3-1-2-4-31/h8,10,13H,1-7,9,11,29H2. The number of benzene rings is 1. The third-order valence-electron chi connectivity index (χ3n) is 6.22. The van der Waals surface area contributed by atoms with Crippen molar-refractivity contribution >= 4 is 11.8 Å². The van der Waals surface area contributed by atoms with E-state index in [-0.39, 0.29) is 49.4 Å². The molecule has 2 N–H and O–H groups in total. The fourth-order valence-electron chi connectivity index (χ4n) is 4.47. The molecule has 0 spiro atoms. The van der Waals surface area contributed by atoms with Crippen molar-refractivity contribution in [3.63, 3.8) is 0 Å². The first-order chi connectivity index (χ1) is 16.5. The predicted molar refractivity (Wildman–Crippen MR) is 110 cm³/mol. The van der Waals surface area contributed by atoms with E-state index in [1.54, 1.807) is 0 Å². The number of carbonyl (C=O) groups excluding carboxylic acids is 2. The molecule has 1 atom stereocenters. The summed E-state index contributed by atoms with van der Waals surface area (Å²) in [7, 11) is 0. The van der Waals surface area contributed by atoms with E-state index < -0.39 is 47.3 Å². The van der Waals surface area contributed by atoms with Crippen molar-refractivity contribution in [3.05, 3.63) is 52.4 Å². The fraction of sp³-hybridized carbons (Fsp3) is 0.500. The Labute approximate surface area is 196 Å². The molecule has 2 aliphatic rings. The maximum Gasteiger partial charge on any atom is 0.449 e. The molecule has 0 bridgehead atoms. The third-order valence-corrected chi connectivity index (χ3v) is 6.22. The molecule has 1 fully saturated rings. The largest absolute Gasteiger partial charge is 0.449 e. The average molecular weight is 503 g/mol. The van der Waals surface area contributed by atoms with Gasteiger partial charge in [-0.05, 0) is 30.9 Å². The molecule has 2 aliphatic heterocycles. The maximum atomic E-state index is 13.9. The number of fused-ring (bicyclic) bond motifs is 1. The van der Waals surface area contributed by atoms with Crippen molar-refractivity contribution in [1.29, 1.82) is 0 Å². The Hall–Kier alpha value is -3.09. The fourth-order valence-corrected chi connectivity index (χ4v) is 4.47. The number of nitrogens with zero attached hydrogens (tertiary/aromatic N) is 4. The summed E-state index contributed by atoms with van der Waals surface area (Å²) in [5.74, 6) is -5.92. The van der Waals surface area contributed by atoms with Crippen LogP contribution in [-0.4, -0.2) is 56.8 Å². The zero-order valence-corrected chi connectivity index (χ0v) is 18.5. The molecule has 0 radical (unpaired) electrons. The summed E-state index contributed by atoms with van der Waals surface area (Å²) in [6.45, 7) is 0.274. The number of hydrogen-bond acceptors (Lipinski definition) is 4. The Morgan fingerprint density at radius 3 is 2.29 bits per heavy atom. The normalized spacial score (nSPS) is 17.0. The van der Waals surface area contributed by atoms with E-state index >= 15 is 0 Å². The molecule has 35 heavy (non-hydrogen) atoms. The molecule has 2 amide bonds. The highest BCUT2D eigenvalue weighted by atomic mass is 19.4. The molecule has 1 unspecified atom stereocenters. The monoisotopic (exact) mass is 503 g/mol. The van der Waals surface area contributed by atoms with Crippen molar-refractivity contribution in [2.75, 3.05) is 19.6 Å². The summed E-state index contributed by atoms with van der Waals surface area (Å²) in [6.07, 6.45) is -3.85. The van der Waals surface area contributed by atoms with Gasteiger partial charge in [-0.25, -0.2) is 18.2 Å². The Kier molecular flexibility index (Phi) is 6.80. The first-order valence-electron chi connectivity index (χ1n) is 11.1. The van der Waals surface area contributed by atoms with Crippen LogP contribution in [-0.2, 0) is 30.5 Å². The van der Waals surface area contributed by atoms with Crippen LogP contribution in [0.15, 0.2) is 12.1 Å². The molecule has 1 aromatic heterocycles. The van der Waals surface area contributed by atoms with E-state index in [9.17, 15) is 35.9 Å². The molecular formula is C22H23F6N5O2. The number of likely N-dealkylation sites (tertiary alicyclic amines) is 1. The van der Waals surface area contributed by atoms with Crippen LogP contribution >= 0.6 is 0 Å². The SMILES string of the molecule is NC(CC(=O)N1CCn2c(C(F)(F)F)nc(C(=O)N3CCCC3)c2C1)Cc1cc(F)c(F)cc1F. The lowest BCUT2D eigenvalue weighted by atomic mass is 10.0. The number of alkyl halides is 3. The number of halogens is 6. The van der Waals surface area contributed by atoms with Gasteiger partial charge >= 0.3 is 6.18 Å². The second-order valence-electron chi connectivity index (χ2n) is 8.72. The second kappa shape index (κ2) is 9.51. The van der Waals surface area contributed by atoms with Gasteiger partial charge in [-0.2, -0.15) is 13.2 Å². The lowest BCUT2D eigenvalue weighted by Gasteiger charge is -2.30. The van der Waals surface area contributed by atoms with Gasteiger partial charge in [0.2, 0.25) is 11.7 Å². The minimum atomic E-state index is -4.78. The lowest BCUT2D eigenvalue weighted by molar-refractivity contribution is -0.148. The molecule has 1 saturated heterocycles. The molecule has 190 valence electrons. The van der Waals surface area contributed by atoms with Crippen molar-refractivity contribution in [2.45, 2.75) is 51.0 Å². The highest BCUT2D eigenvalue weighted by molar-refractivity contribution is 5.94. The summed E-state index contributed by atoms with van der Waals surface area (Å²) >= 11 is 0. The predicted octanol–water partition coefficient (Wildman–Crippen LogP) is 2.86. The summed E-state index contributed by atoms with van der Waals surface area (Å²) in [5, 5.41) is 0. The van der Waals surface area contributed by atoms with Crippen molar-refractivity contribution < 1.29 is 35.9 Å². The molecule has 4 rings (SSSR count). The van der Waals surface area contributed by atoms with Gasteiger partial charge in [0.15, 0.2) is 17.3 Å². The summed E-state index contributed by atoms with van der Waals surface area (Å²) in [6, 6.07) is 0.107. The van der Waals surface area contributed by atoms with Gasteiger partial charge in [0.25, 0.3) is 5.91 Å².